The zero-order valence-electron chi connectivity index (χ0n) is 12.7. The normalized spacial score (nSPS) is 12.4. The molecule has 0 amide bonds. The topological polar surface area (TPSA) is 12.0 Å². The van der Waals surface area contributed by atoms with Gasteiger partial charge in [0.15, 0.2) is 0 Å². The standard InChI is InChI=1S/C18H23NS/c1-13-6-5-7-14(2)18(13)12-20-17-10-8-16(9-11-17)15(3)19-4/h5-11,15,19H,12H2,1-4H3. The van der Waals surface area contributed by atoms with Crippen LogP contribution >= 0.6 is 11.8 Å². The molecule has 0 aromatic heterocycles. The van der Waals surface area contributed by atoms with Crippen LogP contribution in [0.5, 0.6) is 0 Å². The molecule has 0 heterocycles. The highest BCUT2D eigenvalue weighted by Gasteiger charge is 2.05. The lowest BCUT2D eigenvalue weighted by atomic mass is 10.1. The molecule has 2 aromatic rings. The van der Waals surface area contributed by atoms with E-state index in [2.05, 4.69) is 68.6 Å². The number of thioether (sulfide) groups is 1. The van der Waals surface area contributed by atoms with Gasteiger partial charge in [-0.25, -0.2) is 0 Å². The van der Waals surface area contributed by atoms with Crippen molar-refractivity contribution in [1.82, 2.24) is 5.32 Å². The van der Waals surface area contributed by atoms with Gasteiger partial charge in [-0.05, 0) is 62.2 Å². The van der Waals surface area contributed by atoms with E-state index in [1.165, 1.54) is 27.1 Å². The van der Waals surface area contributed by atoms with Crippen LogP contribution in [0.3, 0.4) is 0 Å². The molecule has 0 aliphatic rings. The predicted octanol–water partition coefficient (Wildman–Crippen LogP) is 4.88. The maximum Gasteiger partial charge on any atom is 0.0289 e. The molecule has 2 aromatic carbocycles. The fourth-order valence-corrected chi connectivity index (χ4v) is 3.35. The summed E-state index contributed by atoms with van der Waals surface area (Å²) in [6.45, 7) is 6.57. The molecule has 1 atom stereocenters. The van der Waals surface area contributed by atoms with Crippen molar-refractivity contribution < 1.29 is 0 Å². The van der Waals surface area contributed by atoms with E-state index < -0.39 is 0 Å². The van der Waals surface area contributed by atoms with Crippen molar-refractivity contribution >= 4 is 11.8 Å². The summed E-state index contributed by atoms with van der Waals surface area (Å²) in [6, 6.07) is 15.8. The molecule has 0 fully saturated rings. The third-order valence-corrected chi connectivity index (χ3v) is 4.88. The third kappa shape index (κ3) is 3.65. The highest BCUT2D eigenvalue weighted by atomic mass is 32.2. The molecule has 0 radical (unpaired) electrons. The van der Waals surface area contributed by atoms with Crippen LogP contribution in [-0.2, 0) is 5.75 Å². The number of aryl methyl sites for hydroxylation is 2. The summed E-state index contributed by atoms with van der Waals surface area (Å²) in [5.41, 5.74) is 5.57. The van der Waals surface area contributed by atoms with Crippen LogP contribution in [0.2, 0.25) is 0 Å². The monoisotopic (exact) mass is 285 g/mol. The van der Waals surface area contributed by atoms with E-state index in [1.807, 2.05) is 18.8 Å². The van der Waals surface area contributed by atoms with Crippen molar-refractivity contribution in [2.24, 2.45) is 0 Å². The van der Waals surface area contributed by atoms with Gasteiger partial charge < -0.3 is 5.32 Å². The highest BCUT2D eigenvalue weighted by molar-refractivity contribution is 7.98. The van der Waals surface area contributed by atoms with Gasteiger partial charge in [-0.15, -0.1) is 11.8 Å². The second-order valence-corrected chi connectivity index (χ2v) is 6.29. The number of benzene rings is 2. The van der Waals surface area contributed by atoms with Crippen LogP contribution in [0, 0.1) is 13.8 Å². The van der Waals surface area contributed by atoms with Crippen molar-refractivity contribution in [3.05, 3.63) is 64.7 Å². The molecular weight excluding hydrogens is 262 g/mol. The molecule has 0 aliphatic carbocycles. The van der Waals surface area contributed by atoms with E-state index in [4.69, 9.17) is 0 Å². The van der Waals surface area contributed by atoms with E-state index in [1.54, 1.807) is 0 Å². The van der Waals surface area contributed by atoms with Crippen LogP contribution in [0.1, 0.15) is 35.2 Å². The number of nitrogens with one attached hydrogen (secondary N) is 1. The zero-order chi connectivity index (χ0) is 14.5. The van der Waals surface area contributed by atoms with Gasteiger partial charge in [0, 0.05) is 16.7 Å². The highest BCUT2D eigenvalue weighted by Crippen LogP contribution is 2.27. The lowest BCUT2D eigenvalue weighted by Gasteiger charge is -2.12. The maximum atomic E-state index is 3.27. The van der Waals surface area contributed by atoms with Crippen molar-refractivity contribution in [2.45, 2.75) is 37.5 Å². The summed E-state index contributed by atoms with van der Waals surface area (Å²) >= 11 is 1.91. The van der Waals surface area contributed by atoms with Gasteiger partial charge in [0.2, 0.25) is 0 Å². The van der Waals surface area contributed by atoms with E-state index in [-0.39, 0.29) is 0 Å². The van der Waals surface area contributed by atoms with Crippen LogP contribution in [0.15, 0.2) is 47.4 Å². The Balaban J connectivity index is 2.04. The van der Waals surface area contributed by atoms with Crippen molar-refractivity contribution in [3.63, 3.8) is 0 Å². The Morgan fingerprint density at radius 1 is 1.00 bits per heavy atom. The maximum absolute atomic E-state index is 3.27. The Morgan fingerprint density at radius 2 is 1.60 bits per heavy atom. The second-order valence-electron chi connectivity index (χ2n) is 5.24. The lowest BCUT2D eigenvalue weighted by molar-refractivity contribution is 0.652. The molecule has 1 N–H and O–H groups in total. The number of hydrogen-bond donors (Lipinski definition) is 1. The van der Waals surface area contributed by atoms with E-state index in [0.717, 1.165) is 5.75 Å². The number of rotatable bonds is 5. The van der Waals surface area contributed by atoms with E-state index >= 15 is 0 Å². The average Bonchev–Trinajstić information content (AvgIpc) is 2.46. The molecule has 1 nitrogen and oxygen atoms in total. The van der Waals surface area contributed by atoms with Crippen molar-refractivity contribution in [2.75, 3.05) is 7.05 Å². The van der Waals surface area contributed by atoms with Crippen LogP contribution in [0.25, 0.3) is 0 Å². The Kier molecular flexibility index (Phi) is 5.27. The summed E-state index contributed by atoms with van der Waals surface area (Å²) < 4.78 is 0. The van der Waals surface area contributed by atoms with Crippen LogP contribution in [-0.4, -0.2) is 7.05 Å². The SMILES string of the molecule is CNC(C)c1ccc(SCc2c(C)cccc2C)cc1. The van der Waals surface area contributed by atoms with Gasteiger partial charge in [0.05, 0.1) is 0 Å². The third-order valence-electron chi connectivity index (χ3n) is 3.84. The van der Waals surface area contributed by atoms with Gasteiger partial charge in [-0.3, -0.25) is 0 Å². The first kappa shape index (κ1) is 15.1. The Morgan fingerprint density at radius 3 is 2.15 bits per heavy atom. The quantitative estimate of drug-likeness (QED) is 0.786. The number of hydrogen-bond acceptors (Lipinski definition) is 2. The van der Waals surface area contributed by atoms with Crippen LogP contribution < -0.4 is 5.32 Å². The van der Waals surface area contributed by atoms with Crippen LogP contribution in [0.4, 0.5) is 0 Å². The minimum absolute atomic E-state index is 0.410. The summed E-state index contributed by atoms with van der Waals surface area (Å²) in [5.74, 6) is 1.04. The molecule has 106 valence electrons. The molecule has 2 rings (SSSR count). The smallest absolute Gasteiger partial charge is 0.0289 e. The van der Waals surface area contributed by atoms with Gasteiger partial charge in [-0.2, -0.15) is 0 Å². The zero-order valence-corrected chi connectivity index (χ0v) is 13.6. The molecule has 0 spiro atoms. The molecule has 2 heteroatoms. The first-order valence-corrected chi connectivity index (χ1v) is 8.05. The summed E-state index contributed by atoms with van der Waals surface area (Å²) in [4.78, 5) is 1.33. The average molecular weight is 285 g/mol. The first-order valence-electron chi connectivity index (χ1n) is 7.07. The van der Waals surface area contributed by atoms with Crippen molar-refractivity contribution in [1.29, 1.82) is 0 Å². The Bertz CT molecular complexity index is 540. The fraction of sp³-hybridized carbons (Fsp3) is 0.333. The molecular formula is C18H23NS. The second kappa shape index (κ2) is 6.96. The van der Waals surface area contributed by atoms with Gasteiger partial charge in [0.1, 0.15) is 0 Å². The summed E-state index contributed by atoms with van der Waals surface area (Å²) in [5, 5.41) is 3.27. The first-order chi connectivity index (χ1) is 9.61. The minimum atomic E-state index is 0.410. The van der Waals surface area contributed by atoms with Gasteiger partial charge >= 0.3 is 0 Å². The Labute approximate surface area is 126 Å². The predicted molar refractivity (Wildman–Crippen MR) is 89.4 cm³/mol. The summed E-state index contributed by atoms with van der Waals surface area (Å²) in [6.07, 6.45) is 0. The fourth-order valence-electron chi connectivity index (χ4n) is 2.25. The van der Waals surface area contributed by atoms with Gasteiger partial charge in [-0.1, -0.05) is 30.3 Å². The molecule has 0 saturated heterocycles. The van der Waals surface area contributed by atoms with E-state index in [9.17, 15) is 0 Å². The van der Waals surface area contributed by atoms with E-state index in [0.29, 0.717) is 6.04 Å². The molecule has 0 aliphatic heterocycles. The minimum Gasteiger partial charge on any atom is -0.313 e. The molecule has 20 heavy (non-hydrogen) atoms. The van der Waals surface area contributed by atoms with Crippen molar-refractivity contribution in [3.8, 4) is 0 Å². The van der Waals surface area contributed by atoms with Gasteiger partial charge in [0.25, 0.3) is 0 Å². The molecule has 0 bridgehead atoms. The lowest BCUT2D eigenvalue weighted by Crippen LogP contribution is -2.11. The Hall–Kier alpha value is -1.25. The molecule has 1 unspecified atom stereocenters. The molecule has 0 saturated carbocycles. The largest absolute Gasteiger partial charge is 0.313 e. The summed E-state index contributed by atoms with van der Waals surface area (Å²) in [7, 11) is 1.99.